The molecule has 0 spiro atoms. The van der Waals surface area contributed by atoms with Crippen LogP contribution in [0.2, 0.25) is 0 Å². The molecule has 0 radical (unpaired) electrons. The number of aromatic nitrogens is 1. The number of aryl methyl sites for hydroxylation is 1. The van der Waals surface area contributed by atoms with E-state index in [1.54, 1.807) is 0 Å². The molecular weight excluding hydrogens is 146 g/mol. The van der Waals surface area contributed by atoms with Gasteiger partial charge in [-0.25, -0.2) is 0 Å². The van der Waals surface area contributed by atoms with Crippen molar-refractivity contribution >= 4 is 0 Å². The molecule has 1 nitrogen and oxygen atoms in total. The third-order valence-corrected chi connectivity index (χ3v) is 3.00. The second-order valence-electron chi connectivity index (χ2n) is 4.37. The summed E-state index contributed by atoms with van der Waals surface area (Å²) in [5, 5.41) is 0. The van der Waals surface area contributed by atoms with Gasteiger partial charge in [-0.15, -0.1) is 0 Å². The first-order valence-electron chi connectivity index (χ1n) is 4.55. The van der Waals surface area contributed by atoms with E-state index in [0.717, 1.165) is 0 Å². The summed E-state index contributed by atoms with van der Waals surface area (Å²) < 4.78 is 0. The van der Waals surface area contributed by atoms with Crippen LogP contribution in [0.3, 0.4) is 0 Å². The molecule has 1 aliphatic rings. The standard InChI is InChI=1S/C11H15N/c1-8-6-12-7-10-9(8)4-5-11(10,2)3/h6-7H,4-5H2,1-3H3. The van der Waals surface area contributed by atoms with E-state index in [9.17, 15) is 0 Å². The summed E-state index contributed by atoms with van der Waals surface area (Å²) in [6.07, 6.45) is 6.52. The van der Waals surface area contributed by atoms with Gasteiger partial charge in [-0.2, -0.15) is 0 Å². The van der Waals surface area contributed by atoms with E-state index in [2.05, 4.69) is 25.8 Å². The Labute approximate surface area is 73.8 Å². The zero-order valence-electron chi connectivity index (χ0n) is 8.02. The molecule has 1 heteroatoms. The van der Waals surface area contributed by atoms with Gasteiger partial charge >= 0.3 is 0 Å². The summed E-state index contributed by atoms with van der Waals surface area (Å²) in [5.41, 5.74) is 4.71. The normalized spacial score (nSPS) is 19.2. The first-order chi connectivity index (χ1) is 5.61. The molecular formula is C11H15N. The fraction of sp³-hybridized carbons (Fsp3) is 0.545. The van der Waals surface area contributed by atoms with Crippen LogP contribution in [0.25, 0.3) is 0 Å². The molecule has 1 heterocycles. The van der Waals surface area contributed by atoms with Crippen LogP contribution in [0.5, 0.6) is 0 Å². The summed E-state index contributed by atoms with van der Waals surface area (Å²) in [7, 11) is 0. The van der Waals surface area contributed by atoms with Gasteiger partial charge in [-0.05, 0) is 41.9 Å². The van der Waals surface area contributed by atoms with Crippen LogP contribution < -0.4 is 0 Å². The molecule has 0 atom stereocenters. The van der Waals surface area contributed by atoms with Gasteiger partial charge in [0.25, 0.3) is 0 Å². The van der Waals surface area contributed by atoms with Crippen molar-refractivity contribution in [2.75, 3.05) is 0 Å². The number of fused-ring (bicyclic) bond motifs is 1. The minimum absolute atomic E-state index is 0.356. The van der Waals surface area contributed by atoms with Gasteiger partial charge in [-0.1, -0.05) is 13.8 Å². The molecule has 0 N–H and O–H groups in total. The lowest BCUT2D eigenvalue weighted by Gasteiger charge is -2.18. The largest absolute Gasteiger partial charge is 0.264 e. The lowest BCUT2D eigenvalue weighted by molar-refractivity contribution is 0.521. The maximum Gasteiger partial charge on any atom is 0.0308 e. The molecule has 1 aliphatic carbocycles. The van der Waals surface area contributed by atoms with Crippen LogP contribution >= 0.6 is 0 Å². The predicted molar refractivity (Wildman–Crippen MR) is 50.3 cm³/mol. The minimum atomic E-state index is 0.356. The minimum Gasteiger partial charge on any atom is -0.264 e. The summed E-state index contributed by atoms with van der Waals surface area (Å²) in [6, 6.07) is 0. The van der Waals surface area contributed by atoms with Crippen LogP contribution in [0, 0.1) is 6.92 Å². The van der Waals surface area contributed by atoms with Gasteiger partial charge in [0.15, 0.2) is 0 Å². The van der Waals surface area contributed by atoms with Crippen molar-refractivity contribution in [2.24, 2.45) is 0 Å². The Morgan fingerprint density at radius 1 is 1.33 bits per heavy atom. The molecule has 0 unspecified atom stereocenters. The van der Waals surface area contributed by atoms with Crippen LogP contribution in [0.15, 0.2) is 12.4 Å². The van der Waals surface area contributed by atoms with Crippen molar-refractivity contribution in [1.29, 1.82) is 0 Å². The molecule has 64 valence electrons. The fourth-order valence-corrected chi connectivity index (χ4v) is 2.08. The maximum absolute atomic E-state index is 4.25. The Balaban J connectivity index is 2.61. The van der Waals surface area contributed by atoms with E-state index in [-0.39, 0.29) is 0 Å². The van der Waals surface area contributed by atoms with E-state index < -0.39 is 0 Å². The highest BCUT2D eigenvalue weighted by atomic mass is 14.6. The molecule has 0 aliphatic heterocycles. The van der Waals surface area contributed by atoms with Crippen molar-refractivity contribution in [3.63, 3.8) is 0 Å². The van der Waals surface area contributed by atoms with Crippen LogP contribution in [-0.2, 0) is 11.8 Å². The van der Waals surface area contributed by atoms with E-state index in [1.807, 2.05) is 12.4 Å². The van der Waals surface area contributed by atoms with Crippen molar-refractivity contribution in [2.45, 2.75) is 39.0 Å². The third-order valence-electron chi connectivity index (χ3n) is 3.00. The molecule has 0 amide bonds. The van der Waals surface area contributed by atoms with Gasteiger partial charge in [-0.3, -0.25) is 4.98 Å². The summed E-state index contributed by atoms with van der Waals surface area (Å²) >= 11 is 0. The van der Waals surface area contributed by atoms with Crippen molar-refractivity contribution in [1.82, 2.24) is 4.98 Å². The summed E-state index contributed by atoms with van der Waals surface area (Å²) in [5.74, 6) is 0. The van der Waals surface area contributed by atoms with Crippen molar-refractivity contribution in [3.8, 4) is 0 Å². The molecule has 2 rings (SSSR count). The molecule has 0 saturated heterocycles. The second kappa shape index (κ2) is 2.32. The number of rotatable bonds is 0. The van der Waals surface area contributed by atoms with Gasteiger partial charge < -0.3 is 0 Å². The third kappa shape index (κ3) is 0.961. The first kappa shape index (κ1) is 7.78. The lowest BCUT2D eigenvalue weighted by atomic mass is 9.87. The SMILES string of the molecule is Cc1cncc2c1CCC2(C)C. The molecule has 1 aromatic rings. The average Bonchev–Trinajstić information content (AvgIpc) is 2.30. The number of nitrogens with zero attached hydrogens (tertiary/aromatic N) is 1. The Morgan fingerprint density at radius 3 is 2.75 bits per heavy atom. The zero-order chi connectivity index (χ0) is 8.77. The molecule has 12 heavy (non-hydrogen) atoms. The highest BCUT2D eigenvalue weighted by Crippen LogP contribution is 2.38. The summed E-state index contributed by atoms with van der Waals surface area (Å²) in [6.45, 7) is 6.77. The number of hydrogen-bond acceptors (Lipinski definition) is 1. The average molecular weight is 161 g/mol. The molecule has 0 aromatic carbocycles. The van der Waals surface area contributed by atoms with Gasteiger partial charge in [0.05, 0.1) is 0 Å². The number of hydrogen-bond donors (Lipinski definition) is 0. The van der Waals surface area contributed by atoms with Gasteiger partial charge in [0.1, 0.15) is 0 Å². The van der Waals surface area contributed by atoms with Crippen molar-refractivity contribution in [3.05, 3.63) is 29.1 Å². The number of pyridine rings is 1. The highest BCUT2D eigenvalue weighted by Gasteiger charge is 2.30. The second-order valence-corrected chi connectivity index (χ2v) is 4.37. The highest BCUT2D eigenvalue weighted by molar-refractivity contribution is 5.40. The zero-order valence-corrected chi connectivity index (χ0v) is 8.02. The molecule has 0 bridgehead atoms. The van der Waals surface area contributed by atoms with Crippen LogP contribution in [0.1, 0.15) is 37.0 Å². The summed E-state index contributed by atoms with van der Waals surface area (Å²) in [4.78, 5) is 4.25. The predicted octanol–water partition coefficient (Wildman–Crippen LogP) is 2.61. The Bertz CT molecular complexity index is 313. The monoisotopic (exact) mass is 161 g/mol. The lowest BCUT2D eigenvalue weighted by Crippen LogP contribution is -2.12. The fourth-order valence-electron chi connectivity index (χ4n) is 2.08. The van der Waals surface area contributed by atoms with E-state index in [1.165, 1.54) is 29.5 Å². The van der Waals surface area contributed by atoms with E-state index in [0.29, 0.717) is 5.41 Å². The Kier molecular flexibility index (Phi) is 1.50. The van der Waals surface area contributed by atoms with E-state index in [4.69, 9.17) is 0 Å². The maximum atomic E-state index is 4.25. The van der Waals surface area contributed by atoms with E-state index >= 15 is 0 Å². The van der Waals surface area contributed by atoms with Gasteiger partial charge in [0.2, 0.25) is 0 Å². The first-order valence-corrected chi connectivity index (χ1v) is 4.55. The topological polar surface area (TPSA) is 12.9 Å². The van der Waals surface area contributed by atoms with Crippen molar-refractivity contribution < 1.29 is 0 Å². The molecule has 1 aromatic heterocycles. The molecule has 0 saturated carbocycles. The molecule has 0 fully saturated rings. The van der Waals surface area contributed by atoms with Crippen LogP contribution in [-0.4, -0.2) is 4.98 Å². The Morgan fingerprint density at radius 2 is 2.08 bits per heavy atom. The quantitative estimate of drug-likeness (QED) is 0.570. The Hall–Kier alpha value is -0.850. The van der Waals surface area contributed by atoms with Gasteiger partial charge in [0, 0.05) is 12.4 Å². The van der Waals surface area contributed by atoms with Crippen LogP contribution in [0.4, 0.5) is 0 Å². The smallest absolute Gasteiger partial charge is 0.0308 e.